The van der Waals surface area contributed by atoms with Crippen LogP contribution in [0.2, 0.25) is 0 Å². The van der Waals surface area contributed by atoms with Gasteiger partial charge in [0.1, 0.15) is 0 Å². The van der Waals surface area contributed by atoms with Gasteiger partial charge in [0.2, 0.25) is 0 Å². The molecule has 0 aromatic rings. The van der Waals surface area contributed by atoms with Crippen molar-refractivity contribution in [3.05, 3.63) is 0 Å². The minimum atomic E-state index is -0.796. The van der Waals surface area contributed by atoms with Crippen molar-refractivity contribution >= 4 is 5.97 Å². The van der Waals surface area contributed by atoms with Gasteiger partial charge in [-0.2, -0.15) is 15.5 Å². The van der Waals surface area contributed by atoms with Gasteiger partial charge in [-0.05, 0) is 33.6 Å². The third-order valence-electron chi connectivity index (χ3n) is 2.31. The molecule has 0 saturated heterocycles. The van der Waals surface area contributed by atoms with Crippen LogP contribution >= 0.6 is 0 Å². The second-order valence-electron chi connectivity index (χ2n) is 4.85. The van der Waals surface area contributed by atoms with E-state index in [1.54, 1.807) is 13.8 Å². The highest BCUT2D eigenvalue weighted by Gasteiger charge is 2.15. The normalized spacial score (nSPS) is 13.3. The van der Waals surface area contributed by atoms with Crippen molar-refractivity contribution < 1.29 is 9.53 Å². The van der Waals surface area contributed by atoms with E-state index in [4.69, 9.17) is 10.00 Å². The molecule has 0 aromatic heterocycles. The van der Waals surface area contributed by atoms with Crippen molar-refractivity contribution in [2.75, 3.05) is 6.61 Å². The van der Waals surface area contributed by atoms with Crippen LogP contribution in [0.4, 0.5) is 0 Å². The summed E-state index contributed by atoms with van der Waals surface area (Å²) in [5.41, 5.74) is -0.796. The Hall–Kier alpha value is -1.44. The maximum atomic E-state index is 11.3. The van der Waals surface area contributed by atoms with Gasteiger partial charge < -0.3 is 4.74 Å². The number of hydrogen-bond acceptors (Lipinski definition) is 5. The molecule has 0 fully saturated rings. The van der Waals surface area contributed by atoms with Crippen LogP contribution < -0.4 is 0 Å². The SMILES string of the molecule is CCCCOC(=O)CCC(C)N=NC(C)(C)C#N. The molecular weight excluding hydrogens is 230 g/mol. The summed E-state index contributed by atoms with van der Waals surface area (Å²) in [6.45, 7) is 7.81. The molecule has 0 saturated carbocycles. The van der Waals surface area contributed by atoms with Crippen molar-refractivity contribution in [3.8, 4) is 6.07 Å². The van der Waals surface area contributed by atoms with Gasteiger partial charge in [0.05, 0.1) is 18.7 Å². The molecule has 1 atom stereocenters. The summed E-state index contributed by atoms with van der Waals surface area (Å²) in [6.07, 6.45) is 2.85. The van der Waals surface area contributed by atoms with E-state index in [0.29, 0.717) is 19.4 Å². The molecule has 0 heterocycles. The summed E-state index contributed by atoms with van der Waals surface area (Å²) >= 11 is 0. The molecule has 0 aliphatic carbocycles. The molecule has 5 heteroatoms. The zero-order chi connectivity index (χ0) is 14.0. The molecule has 0 amide bonds. The molecule has 0 radical (unpaired) electrons. The Morgan fingerprint density at radius 2 is 2.17 bits per heavy atom. The number of nitrogens with zero attached hydrogens (tertiary/aromatic N) is 3. The van der Waals surface area contributed by atoms with E-state index in [-0.39, 0.29) is 12.0 Å². The molecule has 102 valence electrons. The molecule has 0 N–H and O–H groups in total. The van der Waals surface area contributed by atoms with Crippen molar-refractivity contribution in [1.29, 1.82) is 5.26 Å². The van der Waals surface area contributed by atoms with Crippen LogP contribution in [-0.4, -0.2) is 24.2 Å². The predicted molar refractivity (Wildman–Crippen MR) is 69.1 cm³/mol. The Morgan fingerprint density at radius 1 is 1.50 bits per heavy atom. The first-order valence-electron chi connectivity index (χ1n) is 6.40. The van der Waals surface area contributed by atoms with E-state index in [2.05, 4.69) is 10.2 Å². The topological polar surface area (TPSA) is 74.8 Å². The lowest BCUT2D eigenvalue weighted by molar-refractivity contribution is -0.143. The van der Waals surface area contributed by atoms with E-state index < -0.39 is 5.54 Å². The minimum absolute atomic E-state index is 0.0728. The predicted octanol–water partition coefficient (Wildman–Crippen LogP) is 3.25. The van der Waals surface area contributed by atoms with E-state index in [1.165, 1.54) is 0 Å². The maximum Gasteiger partial charge on any atom is 0.305 e. The van der Waals surface area contributed by atoms with E-state index in [9.17, 15) is 4.79 Å². The van der Waals surface area contributed by atoms with Gasteiger partial charge in [-0.15, -0.1) is 0 Å². The van der Waals surface area contributed by atoms with Crippen molar-refractivity contribution in [2.45, 2.75) is 65.0 Å². The van der Waals surface area contributed by atoms with Crippen LogP contribution in [-0.2, 0) is 9.53 Å². The van der Waals surface area contributed by atoms with E-state index in [0.717, 1.165) is 12.8 Å². The number of hydrogen-bond donors (Lipinski definition) is 0. The van der Waals surface area contributed by atoms with Crippen LogP contribution in [0.5, 0.6) is 0 Å². The monoisotopic (exact) mass is 253 g/mol. The summed E-state index contributed by atoms with van der Waals surface area (Å²) in [5.74, 6) is -0.190. The third-order valence-corrected chi connectivity index (χ3v) is 2.31. The van der Waals surface area contributed by atoms with Gasteiger partial charge in [0.15, 0.2) is 5.54 Å². The maximum absolute atomic E-state index is 11.3. The Labute approximate surface area is 109 Å². The lowest BCUT2D eigenvalue weighted by Crippen LogP contribution is -2.13. The molecule has 0 aromatic carbocycles. The lowest BCUT2D eigenvalue weighted by atomic mass is 10.1. The van der Waals surface area contributed by atoms with Gasteiger partial charge in [0, 0.05) is 6.42 Å². The molecule has 0 spiro atoms. The smallest absolute Gasteiger partial charge is 0.305 e. The summed E-state index contributed by atoms with van der Waals surface area (Å²) in [4.78, 5) is 11.3. The Balaban J connectivity index is 3.87. The highest BCUT2D eigenvalue weighted by atomic mass is 16.5. The Bertz CT molecular complexity index is 319. The number of nitriles is 1. The highest BCUT2D eigenvalue weighted by molar-refractivity contribution is 5.69. The van der Waals surface area contributed by atoms with Crippen LogP contribution in [0.1, 0.15) is 53.4 Å². The fourth-order valence-electron chi connectivity index (χ4n) is 1.05. The fourth-order valence-corrected chi connectivity index (χ4v) is 1.05. The summed E-state index contributed by atoms with van der Waals surface area (Å²) < 4.78 is 5.04. The number of esters is 1. The summed E-state index contributed by atoms with van der Waals surface area (Å²) in [5, 5.41) is 16.7. The second-order valence-corrected chi connectivity index (χ2v) is 4.85. The highest BCUT2D eigenvalue weighted by Crippen LogP contribution is 2.11. The molecular formula is C13H23N3O2. The van der Waals surface area contributed by atoms with Crippen LogP contribution in [0.25, 0.3) is 0 Å². The first-order chi connectivity index (χ1) is 8.41. The van der Waals surface area contributed by atoms with Crippen molar-refractivity contribution in [3.63, 3.8) is 0 Å². The van der Waals surface area contributed by atoms with E-state index >= 15 is 0 Å². The number of rotatable bonds is 8. The molecule has 0 aliphatic heterocycles. The summed E-state index contributed by atoms with van der Waals surface area (Å²) in [6, 6.07) is 1.97. The van der Waals surface area contributed by atoms with Crippen LogP contribution in [0.15, 0.2) is 10.2 Å². The lowest BCUT2D eigenvalue weighted by Gasteiger charge is -2.09. The zero-order valence-corrected chi connectivity index (χ0v) is 11.8. The third kappa shape index (κ3) is 8.68. The fraction of sp³-hybridized carbons (Fsp3) is 0.846. The average molecular weight is 253 g/mol. The average Bonchev–Trinajstić information content (AvgIpc) is 2.34. The first-order valence-corrected chi connectivity index (χ1v) is 6.40. The number of ether oxygens (including phenoxy) is 1. The van der Waals surface area contributed by atoms with E-state index in [1.807, 2.05) is 19.9 Å². The van der Waals surface area contributed by atoms with Crippen LogP contribution in [0.3, 0.4) is 0 Å². The van der Waals surface area contributed by atoms with Gasteiger partial charge in [-0.3, -0.25) is 4.79 Å². The zero-order valence-electron chi connectivity index (χ0n) is 11.8. The molecule has 5 nitrogen and oxygen atoms in total. The van der Waals surface area contributed by atoms with Crippen molar-refractivity contribution in [2.24, 2.45) is 10.2 Å². The minimum Gasteiger partial charge on any atom is -0.466 e. The molecule has 0 aliphatic rings. The quantitative estimate of drug-likeness (QED) is 0.378. The standard InChI is InChI=1S/C13H23N3O2/c1-5-6-9-18-12(17)8-7-11(2)15-16-13(3,4)10-14/h11H,5-9H2,1-4H3. The van der Waals surface area contributed by atoms with Gasteiger partial charge >= 0.3 is 5.97 Å². The number of unbranched alkanes of at least 4 members (excludes halogenated alkanes) is 1. The number of carbonyl (C=O) groups excluding carboxylic acids is 1. The largest absolute Gasteiger partial charge is 0.466 e. The molecule has 0 rings (SSSR count). The molecule has 18 heavy (non-hydrogen) atoms. The van der Waals surface area contributed by atoms with Crippen molar-refractivity contribution in [1.82, 2.24) is 0 Å². The number of azo groups is 1. The van der Waals surface area contributed by atoms with Crippen LogP contribution in [0, 0.1) is 11.3 Å². The van der Waals surface area contributed by atoms with Gasteiger partial charge in [-0.1, -0.05) is 13.3 Å². The number of carbonyl (C=O) groups is 1. The molecule has 0 bridgehead atoms. The first kappa shape index (κ1) is 16.6. The summed E-state index contributed by atoms with van der Waals surface area (Å²) in [7, 11) is 0. The van der Waals surface area contributed by atoms with Gasteiger partial charge in [0.25, 0.3) is 0 Å². The Morgan fingerprint density at radius 3 is 2.72 bits per heavy atom. The van der Waals surface area contributed by atoms with Gasteiger partial charge in [-0.25, -0.2) is 0 Å². The molecule has 1 unspecified atom stereocenters. The second kappa shape index (κ2) is 8.62. The Kier molecular flexibility index (Phi) is 7.93.